The van der Waals surface area contributed by atoms with Crippen LogP contribution in [-0.4, -0.2) is 18.1 Å². The van der Waals surface area contributed by atoms with Gasteiger partial charge in [0.2, 0.25) is 5.91 Å². The fourth-order valence-corrected chi connectivity index (χ4v) is 3.11. The van der Waals surface area contributed by atoms with Crippen LogP contribution in [0.15, 0.2) is 18.2 Å². The summed E-state index contributed by atoms with van der Waals surface area (Å²) >= 11 is 0. The standard InChI is InChI=1S/C17H23FN2O2/c18-14-10-12(7-8-16(14)22-13-4-2-5-13)20-17(21)9-11-3-1-6-15(11)19/h7-8,10-11,13,15H,1-6,9,19H2,(H,20,21)/t11-,15+/m0/s1. The van der Waals surface area contributed by atoms with Crippen molar-refractivity contribution >= 4 is 11.6 Å². The quantitative estimate of drug-likeness (QED) is 0.878. The number of hydrogen-bond donors (Lipinski definition) is 2. The first-order valence-corrected chi connectivity index (χ1v) is 8.13. The summed E-state index contributed by atoms with van der Waals surface area (Å²) < 4.78 is 19.6. The van der Waals surface area contributed by atoms with Gasteiger partial charge in [0.25, 0.3) is 0 Å². The Kier molecular flexibility index (Phi) is 4.62. The molecule has 0 spiro atoms. The van der Waals surface area contributed by atoms with E-state index in [-0.39, 0.29) is 29.7 Å². The van der Waals surface area contributed by atoms with Crippen LogP contribution in [0.5, 0.6) is 5.75 Å². The summed E-state index contributed by atoms with van der Waals surface area (Å²) in [6.45, 7) is 0. The molecule has 2 atom stereocenters. The molecule has 0 saturated heterocycles. The second-order valence-corrected chi connectivity index (χ2v) is 6.42. The summed E-state index contributed by atoms with van der Waals surface area (Å²) in [5, 5.41) is 2.75. The van der Waals surface area contributed by atoms with Crippen molar-refractivity contribution < 1.29 is 13.9 Å². The normalized spacial score (nSPS) is 24.8. The summed E-state index contributed by atoms with van der Waals surface area (Å²) in [6.07, 6.45) is 6.72. The molecule has 0 aromatic heterocycles. The summed E-state index contributed by atoms with van der Waals surface area (Å²) in [5.41, 5.74) is 6.44. The molecule has 0 heterocycles. The molecule has 2 aliphatic rings. The third-order valence-corrected chi connectivity index (χ3v) is 4.73. The van der Waals surface area contributed by atoms with Crippen molar-refractivity contribution in [1.82, 2.24) is 0 Å². The fraction of sp³-hybridized carbons (Fsp3) is 0.588. The molecular weight excluding hydrogens is 283 g/mol. The maximum absolute atomic E-state index is 14.0. The highest BCUT2D eigenvalue weighted by molar-refractivity contribution is 5.91. The number of anilines is 1. The maximum atomic E-state index is 14.0. The van der Waals surface area contributed by atoms with Crippen LogP contribution in [-0.2, 0) is 4.79 Å². The van der Waals surface area contributed by atoms with Crippen LogP contribution in [0.2, 0.25) is 0 Å². The Hall–Kier alpha value is -1.62. The van der Waals surface area contributed by atoms with Gasteiger partial charge in [-0.25, -0.2) is 4.39 Å². The summed E-state index contributed by atoms with van der Waals surface area (Å²) in [6, 6.07) is 4.70. The number of carbonyl (C=O) groups is 1. The zero-order valence-electron chi connectivity index (χ0n) is 12.7. The molecule has 5 heteroatoms. The molecule has 0 radical (unpaired) electrons. The molecule has 0 unspecified atom stereocenters. The Bertz CT molecular complexity index is 545. The van der Waals surface area contributed by atoms with E-state index in [1.165, 1.54) is 6.07 Å². The third kappa shape index (κ3) is 3.58. The molecule has 1 aromatic carbocycles. The number of nitrogens with one attached hydrogen (secondary N) is 1. The van der Waals surface area contributed by atoms with E-state index in [9.17, 15) is 9.18 Å². The number of amides is 1. The van der Waals surface area contributed by atoms with E-state index < -0.39 is 5.82 Å². The summed E-state index contributed by atoms with van der Waals surface area (Å²) in [5.74, 6) is -0.0248. The molecule has 2 saturated carbocycles. The van der Waals surface area contributed by atoms with E-state index in [0.717, 1.165) is 38.5 Å². The number of hydrogen-bond acceptors (Lipinski definition) is 3. The van der Waals surface area contributed by atoms with Gasteiger partial charge in [-0.05, 0) is 50.2 Å². The van der Waals surface area contributed by atoms with Crippen molar-refractivity contribution in [2.75, 3.05) is 5.32 Å². The van der Waals surface area contributed by atoms with Crippen molar-refractivity contribution in [3.63, 3.8) is 0 Å². The predicted octanol–water partition coefficient (Wildman–Crippen LogP) is 3.21. The minimum atomic E-state index is -0.428. The minimum absolute atomic E-state index is 0.102. The van der Waals surface area contributed by atoms with E-state index in [4.69, 9.17) is 10.5 Å². The van der Waals surface area contributed by atoms with Crippen LogP contribution in [0.4, 0.5) is 10.1 Å². The van der Waals surface area contributed by atoms with Crippen LogP contribution < -0.4 is 15.8 Å². The van der Waals surface area contributed by atoms with E-state index in [1.807, 2.05) is 0 Å². The molecule has 0 bridgehead atoms. The molecule has 2 aliphatic carbocycles. The highest BCUT2D eigenvalue weighted by atomic mass is 19.1. The van der Waals surface area contributed by atoms with Gasteiger partial charge >= 0.3 is 0 Å². The maximum Gasteiger partial charge on any atom is 0.224 e. The number of halogens is 1. The van der Waals surface area contributed by atoms with Crippen molar-refractivity contribution in [1.29, 1.82) is 0 Å². The smallest absolute Gasteiger partial charge is 0.224 e. The number of carbonyl (C=O) groups excluding carboxylic acids is 1. The van der Waals surface area contributed by atoms with Gasteiger partial charge in [0.1, 0.15) is 0 Å². The molecule has 3 N–H and O–H groups in total. The summed E-state index contributed by atoms with van der Waals surface area (Å²) in [4.78, 5) is 12.0. The fourth-order valence-electron chi connectivity index (χ4n) is 3.11. The van der Waals surface area contributed by atoms with Gasteiger partial charge in [0.15, 0.2) is 11.6 Å². The lowest BCUT2D eigenvalue weighted by Gasteiger charge is -2.26. The van der Waals surface area contributed by atoms with E-state index in [0.29, 0.717) is 12.1 Å². The molecule has 22 heavy (non-hydrogen) atoms. The average molecular weight is 306 g/mol. The highest BCUT2D eigenvalue weighted by Crippen LogP contribution is 2.29. The second kappa shape index (κ2) is 6.65. The molecule has 2 fully saturated rings. The average Bonchev–Trinajstić information content (AvgIpc) is 2.81. The monoisotopic (exact) mass is 306 g/mol. The minimum Gasteiger partial charge on any atom is -0.487 e. The number of nitrogens with two attached hydrogens (primary N) is 1. The first kappa shape index (κ1) is 15.3. The van der Waals surface area contributed by atoms with Gasteiger partial charge in [0, 0.05) is 24.2 Å². The first-order valence-electron chi connectivity index (χ1n) is 8.13. The van der Waals surface area contributed by atoms with Crippen molar-refractivity contribution in [3.05, 3.63) is 24.0 Å². The van der Waals surface area contributed by atoms with Gasteiger partial charge < -0.3 is 15.8 Å². The lowest BCUT2D eigenvalue weighted by Crippen LogP contribution is -2.28. The SMILES string of the molecule is N[C@@H]1CCC[C@H]1CC(=O)Nc1ccc(OC2CCC2)c(F)c1. The van der Waals surface area contributed by atoms with Gasteiger partial charge in [0.05, 0.1) is 6.10 Å². The van der Waals surface area contributed by atoms with Crippen LogP contribution in [0.25, 0.3) is 0 Å². The third-order valence-electron chi connectivity index (χ3n) is 4.73. The molecule has 4 nitrogen and oxygen atoms in total. The summed E-state index contributed by atoms with van der Waals surface area (Å²) in [7, 11) is 0. The molecule has 1 amide bonds. The van der Waals surface area contributed by atoms with Gasteiger partial charge in [-0.1, -0.05) is 6.42 Å². The topological polar surface area (TPSA) is 64.4 Å². The van der Waals surface area contributed by atoms with Crippen molar-refractivity contribution in [3.8, 4) is 5.75 Å². The Morgan fingerprint density at radius 2 is 2.05 bits per heavy atom. The van der Waals surface area contributed by atoms with Crippen LogP contribution in [0.3, 0.4) is 0 Å². The van der Waals surface area contributed by atoms with Crippen molar-refractivity contribution in [2.24, 2.45) is 11.7 Å². The second-order valence-electron chi connectivity index (χ2n) is 6.42. The van der Waals surface area contributed by atoms with Gasteiger partial charge in [-0.3, -0.25) is 4.79 Å². The first-order chi connectivity index (χ1) is 10.6. The highest BCUT2D eigenvalue weighted by Gasteiger charge is 2.26. The Labute approximate surface area is 130 Å². The van der Waals surface area contributed by atoms with Crippen molar-refractivity contribution in [2.45, 2.75) is 57.1 Å². The zero-order chi connectivity index (χ0) is 15.5. The lowest BCUT2D eigenvalue weighted by molar-refractivity contribution is -0.117. The Balaban J connectivity index is 1.55. The lowest BCUT2D eigenvalue weighted by atomic mass is 9.96. The molecule has 0 aliphatic heterocycles. The predicted molar refractivity (Wildman–Crippen MR) is 83.2 cm³/mol. The number of rotatable bonds is 5. The molecule has 1 aromatic rings. The van der Waals surface area contributed by atoms with Crippen LogP contribution >= 0.6 is 0 Å². The van der Waals surface area contributed by atoms with Crippen LogP contribution in [0, 0.1) is 11.7 Å². The van der Waals surface area contributed by atoms with E-state index in [1.54, 1.807) is 12.1 Å². The molecular formula is C17H23FN2O2. The Morgan fingerprint density at radius 1 is 1.27 bits per heavy atom. The van der Waals surface area contributed by atoms with Crippen LogP contribution in [0.1, 0.15) is 44.9 Å². The van der Waals surface area contributed by atoms with Gasteiger partial charge in [-0.15, -0.1) is 0 Å². The zero-order valence-corrected chi connectivity index (χ0v) is 12.7. The largest absolute Gasteiger partial charge is 0.487 e. The van der Waals surface area contributed by atoms with E-state index >= 15 is 0 Å². The number of benzene rings is 1. The molecule has 3 rings (SSSR count). The molecule has 120 valence electrons. The van der Waals surface area contributed by atoms with E-state index in [2.05, 4.69) is 5.32 Å². The van der Waals surface area contributed by atoms with Gasteiger partial charge in [-0.2, -0.15) is 0 Å². The number of ether oxygens (including phenoxy) is 1. The Morgan fingerprint density at radius 3 is 2.64 bits per heavy atom.